The monoisotopic (exact) mass is 917 g/mol. The fourth-order valence-electron chi connectivity index (χ4n) is 9.57. The lowest BCUT2D eigenvalue weighted by Crippen LogP contribution is -2.16. The third-order valence-electron chi connectivity index (χ3n) is 12.7. The summed E-state index contributed by atoms with van der Waals surface area (Å²) in [6.45, 7) is 14.5. The third-order valence-corrected chi connectivity index (χ3v) is 12.7. The molecule has 0 spiro atoms. The van der Waals surface area contributed by atoms with Gasteiger partial charge in [-0.15, -0.1) is 0 Å². The minimum Gasteiger partial charge on any atom is -0.456 e. The molecule has 1 aliphatic carbocycles. The average molecular weight is 917 g/mol. The number of aromatic nitrogens is 1. The van der Waals surface area contributed by atoms with Crippen molar-refractivity contribution < 1.29 is 4.42 Å². The van der Waals surface area contributed by atoms with E-state index < -0.39 is 0 Å². The Morgan fingerprint density at radius 2 is 1.37 bits per heavy atom. The predicted octanol–water partition coefficient (Wildman–Crippen LogP) is 17.6. The largest absolute Gasteiger partial charge is 0.456 e. The van der Waals surface area contributed by atoms with Gasteiger partial charge in [0, 0.05) is 27.3 Å². The highest BCUT2D eigenvalue weighted by Crippen LogP contribution is 2.41. The summed E-state index contributed by atoms with van der Waals surface area (Å²) >= 11 is 0. The molecule has 70 heavy (non-hydrogen) atoms. The Balaban J connectivity index is 0.00000161. The van der Waals surface area contributed by atoms with Crippen molar-refractivity contribution >= 4 is 74.5 Å². The molecule has 0 fully saturated rings. The molecule has 5 nitrogen and oxygen atoms in total. The van der Waals surface area contributed by atoms with Crippen LogP contribution in [0.4, 0.5) is 0 Å². The highest BCUT2D eigenvalue weighted by atomic mass is 16.3. The van der Waals surface area contributed by atoms with E-state index in [-0.39, 0.29) is 6.04 Å². The lowest BCUT2D eigenvalue weighted by Gasteiger charge is -2.18. The van der Waals surface area contributed by atoms with Gasteiger partial charge >= 0.3 is 0 Å². The van der Waals surface area contributed by atoms with Crippen molar-refractivity contribution in [2.45, 2.75) is 73.8 Å². The summed E-state index contributed by atoms with van der Waals surface area (Å²) in [7, 11) is 0. The van der Waals surface area contributed by atoms with Crippen LogP contribution in [0.15, 0.2) is 196 Å². The number of nitrogens with zero attached hydrogens (tertiary/aromatic N) is 3. The maximum Gasteiger partial charge on any atom is 0.232 e. The quantitative estimate of drug-likeness (QED) is 0.0798. The molecule has 2 heterocycles. The minimum atomic E-state index is -0.376. The number of allylic oxidation sites excluding steroid dienone is 5. The molecule has 350 valence electrons. The molecule has 0 aliphatic heterocycles. The normalized spacial score (nSPS) is 13.2. The number of aliphatic imine (C=N–C) groups is 2. The molecule has 0 radical (unpaired) electrons. The first kappa shape index (κ1) is 48.4. The summed E-state index contributed by atoms with van der Waals surface area (Å²) in [6, 6.07) is 57.5. The predicted molar refractivity (Wildman–Crippen MR) is 303 cm³/mol. The van der Waals surface area contributed by atoms with Crippen molar-refractivity contribution in [2.24, 2.45) is 15.7 Å². The van der Waals surface area contributed by atoms with Gasteiger partial charge in [-0.2, -0.15) is 0 Å². The Morgan fingerprint density at radius 3 is 2.14 bits per heavy atom. The Hall–Kier alpha value is -8.02. The summed E-state index contributed by atoms with van der Waals surface area (Å²) in [4.78, 5) is 10.7. The molecular weight excluding hydrogens is 853 g/mol. The van der Waals surface area contributed by atoms with Gasteiger partial charge in [-0.25, -0.2) is 9.98 Å². The molecule has 0 saturated carbocycles. The van der Waals surface area contributed by atoms with Crippen LogP contribution in [-0.4, -0.2) is 16.9 Å². The van der Waals surface area contributed by atoms with Gasteiger partial charge in [0.1, 0.15) is 17.2 Å². The molecule has 9 aromatic rings. The second-order valence-corrected chi connectivity index (χ2v) is 16.9. The first-order valence-corrected chi connectivity index (χ1v) is 24.9. The number of rotatable bonds is 11. The van der Waals surface area contributed by atoms with Crippen LogP contribution in [0.3, 0.4) is 0 Å². The number of hydrogen-bond acceptors (Lipinski definition) is 2. The molecule has 10 rings (SSSR count). The number of fused-ring (bicyclic) bond motifs is 7. The summed E-state index contributed by atoms with van der Waals surface area (Å²) in [5.74, 6) is 0.492. The zero-order valence-corrected chi connectivity index (χ0v) is 41.7. The second kappa shape index (κ2) is 22.9. The Bertz CT molecular complexity index is 3430. The maximum absolute atomic E-state index is 6.35. The Labute approximate surface area is 414 Å². The van der Waals surface area contributed by atoms with Gasteiger partial charge in [0.25, 0.3) is 0 Å². The van der Waals surface area contributed by atoms with Crippen molar-refractivity contribution in [3.05, 3.63) is 232 Å². The van der Waals surface area contributed by atoms with Crippen molar-refractivity contribution in [2.75, 3.05) is 0 Å². The van der Waals surface area contributed by atoms with Crippen LogP contribution in [0.2, 0.25) is 0 Å². The average Bonchev–Trinajstić information content (AvgIpc) is 4.08. The van der Waals surface area contributed by atoms with E-state index >= 15 is 0 Å². The highest BCUT2D eigenvalue weighted by Gasteiger charge is 2.25. The molecule has 5 heteroatoms. The Kier molecular flexibility index (Phi) is 15.8. The summed E-state index contributed by atoms with van der Waals surface area (Å²) < 4.78 is 8.46. The van der Waals surface area contributed by atoms with E-state index in [0.717, 1.165) is 102 Å². The first-order valence-electron chi connectivity index (χ1n) is 24.9. The fourth-order valence-corrected chi connectivity index (χ4v) is 9.57. The first-order chi connectivity index (χ1) is 34.5. The van der Waals surface area contributed by atoms with Gasteiger partial charge in [0.05, 0.1) is 17.5 Å². The topological polar surface area (TPSA) is 68.8 Å². The molecule has 0 amide bonds. The summed E-state index contributed by atoms with van der Waals surface area (Å²) in [5.41, 5.74) is 24.1. The van der Waals surface area contributed by atoms with Gasteiger partial charge in [0.15, 0.2) is 0 Å². The second-order valence-electron chi connectivity index (χ2n) is 16.9. The standard InChI is InChI=1S/C61H52N4O.2C2H6/c1-4-6-21-44(45-32-35-58-55(39-45)53-26-15-16-29-57(53)66-58)36-41(3)49-27-17-28-54-52(33-30-42-19-9-7-10-20-42)56(18-5-2)65(60(49)54)61(63-40-62)64-59(43-22-11-8-12-23-43)47-31-34-51-48(38-47)37-46-24-13-14-25-50(46)51;2*1-2/h5,7-36,38-40,59H,4,6,37H2,1-3H3,(H2,62,63,64);2*1-2H3/b18-5-,33-30+,41-36+,44-21+;;. The fraction of sp³-hybridized carbons (Fsp3) is 0.169. The molecule has 0 bridgehead atoms. The Morgan fingerprint density at radius 1 is 0.671 bits per heavy atom. The number of hydrogen-bond donors (Lipinski definition) is 1. The molecular formula is C65H64N4O. The van der Waals surface area contributed by atoms with Gasteiger partial charge < -0.3 is 10.2 Å². The van der Waals surface area contributed by atoms with Crippen molar-refractivity contribution in [1.82, 2.24) is 4.57 Å². The summed E-state index contributed by atoms with van der Waals surface area (Å²) in [5, 5.41) is 3.31. The molecule has 1 atom stereocenters. The lowest BCUT2D eigenvalue weighted by atomic mass is 9.95. The van der Waals surface area contributed by atoms with Crippen molar-refractivity contribution in [3.8, 4) is 11.1 Å². The van der Waals surface area contributed by atoms with Crippen LogP contribution < -0.4 is 5.73 Å². The van der Waals surface area contributed by atoms with Crippen molar-refractivity contribution in [1.29, 1.82) is 0 Å². The number of unbranched alkanes of at least 4 members (excludes halogenated alkanes) is 1. The molecule has 2 N–H and O–H groups in total. The number of furan rings is 1. The number of benzene rings is 7. The van der Waals surface area contributed by atoms with Crippen LogP contribution in [0.25, 0.3) is 73.3 Å². The van der Waals surface area contributed by atoms with E-state index in [1.807, 2.05) is 45.9 Å². The highest BCUT2D eigenvalue weighted by molar-refractivity contribution is 6.10. The van der Waals surface area contributed by atoms with Gasteiger partial charge in [0.2, 0.25) is 5.96 Å². The van der Waals surface area contributed by atoms with E-state index in [0.29, 0.717) is 5.96 Å². The van der Waals surface area contributed by atoms with E-state index in [9.17, 15) is 0 Å². The van der Waals surface area contributed by atoms with Crippen LogP contribution in [0.5, 0.6) is 0 Å². The van der Waals surface area contributed by atoms with Gasteiger partial charge in [-0.1, -0.05) is 217 Å². The molecule has 1 unspecified atom stereocenters. The molecule has 7 aromatic carbocycles. The third kappa shape index (κ3) is 9.93. The van der Waals surface area contributed by atoms with Crippen LogP contribution >= 0.6 is 0 Å². The van der Waals surface area contributed by atoms with E-state index in [2.05, 4.69) is 207 Å². The number of nitrogens with two attached hydrogens (primary N) is 1. The minimum absolute atomic E-state index is 0.376. The number of para-hydroxylation sites is 2. The van der Waals surface area contributed by atoms with Gasteiger partial charge in [-0.05, 0) is 107 Å². The maximum atomic E-state index is 6.35. The van der Waals surface area contributed by atoms with Crippen LogP contribution in [0, 0.1) is 0 Å². The smallest absolute Gasteiger partial charge is 0.232 e. The zero-order valence-electron chi connectivity index (χ0n) is 41.7. The van der Waals surface area contributed by atoms with Crippen LogP contribution in [0.1, 0.15) is 118 Å². The van der Waals surface area contributed by atoms with E-state index in [1.165, 1.54) is 28.6 Å². The molecule has 1 aliphatic rings. The summed E-state index contributed by atoms with van der Waals surface area (Å²) in [6.07, 6.45) is 17.6. The lowest BCUT2D eigenvalue weighted by molar-refractivity contribution is 0.669. The SMILES string of the molecule is C/C=C\c1c(/C=C/c2ccccc2)c2cccc(/C(C)=C/C(=C\CCC)c3ccc4oc5ccccc5c4c3)c2n1C(=NC(c1ccccc1)c1ccc2c(c1)Cc1ccccc1-2)/N=C\N.CC.CC. The van der Waals surface area contributed by atoms with Crippen molar-refractivity contribution in [3.63, 3.8) is 0 Å². The molecule has 2 aromatic heterocycles. The van der Waals surface area contributed by atoms with E-state index in [4.69, 9.17) is 20.1 Å². The van der Waals surface area contributed by atoms with E-state index in [1.54, 1.807) is 0 Å². The van der Waals surface area contributed by atoms with Crippen LogP contribution in [-0.2, 0) is 6.42 Å². The zero-order chi connectivity index (χ0) is 49.0. The van der Waals surface area contributed by atoms with Gasteiger partial charge in [-0.3, -0.25) is 4.57 Å². The molecule has 0 saturated heterocycles.